The van der Waals surface area contributed by atoms with Gasteiger partial charge in [0.15, 0.2) is 0 Å². The highest BCUT2D eigenvalue weighted by atomic mass is 16.5. The van der Waals surface area contributed by atoms with Crippen LogP contribution >= 0.6 is 0 Å². The van der Waals surface area contributed by atoms with Crippen molar-refractivity contribution in [3.63, 3.8) is 0 Å². The number of rotatable bonds is 5. The van der Waals surface area contributed by atoms with Crippen LogP contribution in [0, 0.1) is 13.8 Å². The van der Waals surface area contributed by atoms with E-state index < -0.39 is 0 Å². The molecule has 1 aliphatic rings. The number of nitrogens with zero attached hydrogens (tertiary/aromatic N) is 2. The van der Waals surface area contributed by atoms with Gasteiger partial charge < -0.3 is 10.5 Å². The first-order chi connectivity index (χ1) is 10.2. The topological polar surface area (TPSA) is 53.1 Å². The smallest absolute Gasteiger partial charge is 0.122 e. The van der Waals surface area contributed by atoms with E-state index in [9.17, 15) is 0 Å². The Morgan fingerprint density at radius 1 is 1.29 bits per heavy atom. The predicted octanol–water partition coefficient (Wildman–Crippen LogP) is 2.18. The first-order valence-electron chi connectivity index (χ1n) is 7.66. The van der Waals surface area contributed by atoms with E-state index in [1.165, 1.54) is 22.4 Å². The third kappa shape index (κ3) is 2.81. The lowest BCUT2D eigenvalue weighted by Crippen LogP contribution is -2.07. The molecule has 0 saturated heterocycles. The minimum atomic E-state index is 0.679. The number of nitrogens with two attached hydrogens (primary N) is 1. The molecule has 3 rings (SSSR count). The van der Waals surface area contributed by atoms with Gasteiger partial charge in [0.2, 0.25) is 0 Å². The Balaban J connectivity index is 1.72. The van der Waals surface area contributed by atoms with E-state index in [-0.39, 0.29) is 0 Å². The Hall–Kier alpha value is -1.81. The van der Waals surface area contributed by atoms with Crippen LogP contribution in [0.25, 0.3) is 0 Å². The van der Waals surface area contributed by atoms with Crippen molar-refractivity contribution in [1.82, 2.24) is 9.78 Å². The average molecular weight is 285 g/mol. The fourth-order valence-corrected chi connectivity index (χ4v) is 3.09. The van der Waals surface area contributed by atoms with Crippen molar-refractivity contribution < 1.29 is 4.74 Å². The number of hydrogen-bond acceptors (Lipinski definition) is 3. The van der Waals surface area contributed by atoms with Gasteiger partial charge >= 0.3 is 0 Å². The number of hydrogen-bond donors (Lipinski definition) is 1. The van der Waals surface area contributed by atoms with E-state index in [0.29, 0.717) is 6.54 Å². The van der Waals surface area contributed by atoms with Gasteiger partial charge in [0.25, 0.3) is 0 Å². The second-order valence-electron chi connectivity index (χ2n) is 5.70. The second-order valence-corrected chi connectivity index (χ2v) is 5.70. The molecule has 2 N–H and O–H groups in total. The molecule has 0 saturated carbocycles. The standard InChI is InChI=1S/C17H23N3O/c1-12-16(5-8-18)13(2)20(19-12)9-6-14-3-4-17-15(11-14)7-10-21-17/h3-4,11H,5-10,18H2,1-2H3. The summed E-state index contributed by atoms with van der Waals surface area (Å²) < 4.78 is 7.67. The van der Waals surface area contributed by atoms with Gasteiger partial charge in [-0.15, -0.1) is 0 Å². The highest BCUT2D eigenvalue weighted by Gasteiger charge is 2.13. The summed E-state index contributed by atoms with van der Waals surface area (Å²) in [5, 5.41) is 4.65. The zero-order valence-corrected chi connectivity index (χ0v) is 12.9. The molecule has 0 unspecified atom stereocenters. The van der Waals surface area contributed by atoms with Crippen LogP contribution in [-0.4, -0.2) is 22.9 Å². The van der Waals surface area contributed by atoms with Crippen LogP contribution in [0.4, 0.5) is 0 Å². The number of fused-ring (bicyclic) bond motifs is 1. The molecule has 2 aromatic rings. The van der Waals surface area contributed by atoms with E-state index in [4.69, 9.17) is 10.5 Å². The Bertz CT molecular complexity index is 646. The third-order valence-corrected chi connectivity index (χ3v) is 4.29. The van der Waals surface area contributed by atoms with Crippen molar-refractivity contribution in [3.05, 3.63) is 46.3 Å². The summed E-state index contributed by atoms with van der Waals surface area (Å²) >= 11 is 0. The van der Waals surface area contributed by atoms with E-state index in [1.54, 1.807) is 0 Å². The minimum Gasteiger partial charge on any atom is -0.493 e. The van der Waals surface area contributed by atoms with Crippen LogP contribution in [0.1, 0.15) is 28.1 Å². The van der Waals surface area contributed by atoms with Crippen molar-refractivity contribution in [2.24, 2.45) is 5.73 Å². The zero-order valence-electron chi connectivity index (χ0n) is 12.9. The average Bonchev–Trinajstić information content (AvgIpc) is 3.04. The molecule has 112 valence electrons. The first-order valence-corrected chi connectivity index (χ1v) is 7.66. The van der Waals surface area contributed by atoms with E-state index in [2.05, 4.69) is 41.8 Å². The first kappa shape index (κ1) is 14.1. The fraction of sp³-hybridized carbons (Fsp3) is 0.471. The van der Waals surface area contributed by atoms with Crippen LogP contribution in [0.2, 0.25) is 0 Å². The molecular formula is C17H23N3O. The van der Waals surface area contributed by atoms with Crippen molar-refractivity contribution in [2.45, 2.75) is 39.7 Å². The largest absolute Gasteiger partial charge is 0.493 e. The monoisotopic (exact) mass is 285 g/mol. The highest BCUT2D eigenvalue weighted by Crippen LogP contribution is 2.26. The molecule has 21 heavy (non-hydrogen) atoms. The molecule has 2 heterocycles. The van der Waals surface area contributed by atoms with E-state index in [1.807, 2.05) is 0 Å². The Labute approximate surface area is 125 Å². The van der Waals surface area contributed by atoms with Gasteiger partial charge in [-0.25, -0.2) is 0 Å². The molecule has 0 amide bonds. The maximum Gasteiger partial charge on any atom is 0.122 e. The quantitative estimate of drug-likeness (QED) is 0.916. The fourth-order valence-electron chi connectivity index (χ4n) is 3.09. The van der Waals surface area contributed by atoms with E-state index in [0.717, 1.165) is 43.9 Å². The molecule has 0 aliphatic carbocycles. The van der Waals surface area contributed by atoms with Crippen LogP contribution in [0.15, 0.2) is 18.2 Å². The normalized spacial score (nSPS) is 13.3. The van der Waals surface area contributed by atoms with Gasteiger partial charge in [0.1, 0.15) is 5.75 Å². The lowest BCUT2D eigenvalue weighted by Gasteiger charge is -2.07. The lowest BCUT2D eigenvalue weighted by atomic mass is 10.1. The molecule has 0 fully saturated rings. The Morgan fingerprint density at radius 3 is 2.95 bits per heavy atom. The summed E-state index contributed by atoms with van der Waals surface area (Å²) in [5.74, 6) is 1.05. The van der Waals surface area contributed by atoms with Gasteiger partial charge in [-0.2, -0.15) is 5.10 Å². The van der Waals surface area contributed by atoms with Gasteiger partial charge in [0.05, 0.1) is 12.3 Å². The highest BCUT2D eigenvalue weighted by molar-refractivity contribution is 5.39. The second kappa shape index (κ2) is 5.90. The van der Waals surface area contributed by atoms with Crippen molar-refractivity contribution in [1.29, 1.82) is 0 Å². The zero-order chi connectivity index (χ0) is 14.8. The lowest BCUT2D eigenvalue weighted by molar-refractivity contribution is 0.357. The Morgan fingerprint density at radius 2 is 2.14 bits per heavy atom. The molecule has 0 bridgehead atoms. The molecule has 4 heteroatoms. The predicted molar refractivity (Wildman–Crippen MR) is 83.8 cm³/mol. The maximum absolute atomic E-state index is 5.68. The van der Waals surface area contributed by atoms with Gasteiger partial charge in [-0.05, 0) is 56.0 Å². The number of ether oxygens (including phenoxy) is 1. The summed E-state index contributed by atoms with van der Waals surface area (Å²) in [6, 6.07) is 6.53. The Kier molecular flexibility index (Phi) is 3.97. The minimum absolute atomic E-state index is 0.679. The van der Waals surface area contributed by atoms with Gasteiger partial charge in [-0.1, -0.05) is 12.1 Å². The molecule has 4 nitrogen and oxygen atoms in total. The van der Waals surface area contributed by atoms with Crippen molar-refractivity contribution >= 4 is 0 Å². The van der Waals surface area contributed by atoms with Crippen molar-refractivity contribution in [2.75, 3.05) is 13.2 Å². The summed E-state index contributed by atoms with van der Waals surface area (Å²) in [7, 11) is 0. The summed E-state index contributed by atoms with van der Waals surface area (Å²) in [6.07, 6.45) is 2.94. The van der Waals surface area contributed by atoms with E-state index >= 15 is 0 Å². The van der Waals surface area contributed by atoms with Crippen LogP contribution in [0.3, 0.4) is 0 Å². The maximum atomic E-state index is 5.68. The number of aromatic nitrogens is 2. The van der Waals surface area contributed by atoms with Gasteiger partial charge in [0, 0.05) is 18.7 Å². The number of aryl methyl sites for hydroxylation is 3. The SMILES string of the molecule is Cc1nn(CCc2ccc3c(c2)CCO3)c(C)c1CCN. The van der Waals surface area contributed by atoms with Crippen molar-refractivity contribution in [3.8, 4) is 5.75 Å². The molecule has 1 aromatic carbocycles. The molecule has 0 atom stereocenters. The van der Waals surface area contributed by atoms with Crippen LogP contribution in [0.5, 0.6) is 5.75 Å². The number of benzene rings is 1. The third-order valence-electron chi connectivity index (χ3n) is 4.29. The van der Waals surface area contributed by atoms with Crippen LogP contribution < -0.4 is 10.5 Å². The van der Waals surface area contributed by atoms with Gasteiger partial charge in [-0.3, -0.25) is 4.68 Å². The van der Waals surface area contributed by atoms with Crippen LogP contribution in [-0.2, 0) is 25.8 Å². The summed E-state index contributed by atoms with van der Waals surface area (Å²) in [5.41, 5.74) is 12.0. The molecule has 1 aromatic heterocycles. The molecule has 1 aliphatic heterocycles. The summed E-state index contributed by atoms with van der Waals surface area (Å²) in [6.45, 7) is 6.62. The molecule has 0 spiro atoms. The molecule has 0 radical (unpaired) electrons. The summed E-state index contributed by atoms with van der Waals surface area (Å²) in [4.78, 5) is 0. The molecular weight excluding hydrogens is 262 g/mol.